The lowest BCUT2D eigenvalue weighted by Gasteiger charge is -2.37. The largest absolute Gasteiger partial charge is 0.0622 e. The van der Waals surface area contributed by atoms with E-state index in [4.69, 9.17) is 0 Å². The molecule has 1 fully saturated rings. The third-order valence-corrected chi connectivity index (χ3v) is 12.9. The summed E-state index contributed by atoms with van der Waals surface area (Å²) in [5, 5.41) is 6.10. The van der Waals surface area contributed by atoms with Crippen molar-refractivity contribution >= 4 is 37.1 Å². The molecule has 0 heterocycles. The van der Waals surface area contributed by atoms with Crippen LogP contribution in [-0.4, -0.2) is 11.3 Å². The fraction of sp³-hybridized carbons (Fsp3) is 0.226. The van der Waals surface area contributed by atoms with Crippen molar-refractivity contribution in [2.45, 2.75) is 37.5 Å². The Morgan fingerprint density at radius 2 is 0.939 bits per heavy atom. The number of benzene rings is 4. The van der Waals surface area contributed by atoms with E-state index in [0.717, 1.165) is 11.6 Å². The highest BCUT2D eigenvalue weighted by molar-refractivity contribution is 7.74. The summed E-state index contributed by atoms with van der Waals surface area (Å²) in [4.78, 5) is 0. The van der Waals surface area contributed by atoms with E-state index in [9.17, 15) is 0 Å². The van der Waals surface area contributed by atoms with Crippen molar-refractivity contribution in [3.05, 3.63) is 121 Å². The SMILES string of the molecule is C[C@H](C1CCC[C@@H]1P(c1ccccc1)c1ccccc1)P(c1ccccc1)c1ccccc1. The highest BCUT2D eigenvalue weighted by Gasteiger charge is 2.40. The second-order valence-electron chi connectivity index (χ2n) is 8.98. The van der Waals surface area contributed by atoms with Crippen LogP contribution in [0.4, 0.5) is 0 Å². The van der Waals surface area contributed by atoms with Crippen molar-refractivity contribution < 1.29 is 0 Å². The summed E-state index contributed by atoms with van der Waals surface area (Å²) in [6.45, 7) is 2.55. The Hall–Kier alpha value is -2.26. The molecule has 0 N–H and O–H groups in total. The lowest BCUT2D eigenvalue weighted by atomic mass is 10.0. The number of hydrogen-bond acceptors (Lipinski definition) is 0. The summed E-state index contributed by atoms with van der Waals surface area (Å²) in [6.07, 6.45) is 4.05. The second-order valence-corrected chi connectivity index (χ2v) is 14.0. The molecule has 1 aliphatic rings. The topological polar surface area (TPSA) is 0 Å². The number of hydrogen-bond donors (Lipinski definition) is 0. The van der Waals surface area contributed by atoms with Gasteiger partial charge in [-0.1, -0.05) is 135 Å². The molecule has 0 saturated heterocycles. The van der Waals surface area contributed by atoms with Crippen LogP contribution >= 0.6 is 15.8 Å². The lowest BCUT2D eigenvalue weighted by molar-refractivity contribution is 0.548. The monoisotopic (exact) mass is 466 g/mol. The standard InChI is InChI=1S/C31H32P2/c1-25(32(26-15-6-2-7-16-26)27-17-8-3-9-18-27)30-23-14-24-31(30)33(28-19-10-4-11-20-28)29-21-12-5-13-22-29/h2-13,15-22,25,30-31H,14,23-24H2,1H3/t25-,30?,31+/m1/s1. The van der Waals surface area contributed by atoms with E-state index in [1.54, 1.807) is 0 Å². The first kappa shape index (κ1) is 22.5. The first-order valence-electron chi connectivity index (χ1n) is 12.1. The summed E-state index contributed by atoms with van der Waals surface area (Å²) in [7, 11) is -0.778. The third-order valence-electron chi connectivity index (χ3n) is 7.03. The molecule has 5 rings (SSSR count). The quantitative estimate of drug-likeness (QED) is 0.263. The smallest absolute Gasteiger partial charge is 0.00943 e. The van der Waals surface area contributed by atoms with Gasteiger partial charge in [-0.3, -0.25) is 0 Å². The van der Waals surface area contributed by atoms with Crippen molar-refractivity contribution in [3.63, 3.8) is 0 Å². The van der Waals surface area contributed by atoms with Crippen LogP contribution in [0.15, 0.2) is 121 Å². The molecule has 0 nitrogen and oxygen atoms in total. The third kappa shape index (κ3) is 4.99. The fourth-order valence-electron chi connectivity index (χ4n) is 5.55. The van der Waals surface area contributed by atoms with E-state index < -0.39 is 7.92 Å². The molecule has 166 valence electrons. The van der Waals surface area contributed by atoms with Crippen molar-refractivity contribution in [2.24, 2.45) is 5.92 Å². The Bertz CT molecular complexity index is 1030. The summed E-state index contributed by atoms with van der Waals surface area (Å²) in [5.74, 6) is 0.739. The predicted molar refractivity (Wildman–Crippen MR) is 149 cm³/mol. The normalized spacial score (nSPS) is 19.1. The summed E-state index contributed by atoms with van der Waals surface area (Å²) in [5.41, 5.74) is 1.38. The highest BCUT2D eigenvalue weighted by Crippen LogP contribution is 2.56. The van der Waals surface area contributed by atoms with Gasteiger partial charge in [0.1, 0.15) is 0 Å². The van der Waals surface area contributed by atoms with Gasteiger partial charge in [0.05, 0.1) is 0 Å². The van der Waals surface area contributed by atoms with E-state index >= 15 is 0 Å². The Morgan fingerprint density at radius 1 is 0.545 bits per heavy atom. The molecule has 1 aliphatic carbocycles. The molecule has 0 amide bonds. The summed E-state index contributed by atoms with van der Waals surface area (Å²) >= 11 is 0. The summed E-state index contributed by atoms with van der Waals surface area (Å²) in [6, 6.07) is 45.3. The lowest BCUT2D eigenvalue weighted by Crippen LogP contribution is -2.33. The molecule has 0 radical (unpaired) electrons. The maximum atomic E-state index is 2.55. The molecule has 0 aliphatic heterocycles. The van der Waals surface area contributed by atoms with Crippen molar-refractivity contribution in [1.29, 1.82) is 0 Å². The minimum atomic E-state index is -0.402. The molecule has 0 bridgehead atoms. The second kappa shape index (κ2) is 10.8. The Morgan fingerprint density at radius 3 is 1.36 bits per heavy atom. The zero-order valence-corrected chi connectivity index (χ0v) is 21.1. The van der Waals surface area contributed by atoms with Crippen LogP contribution in [0.25, 0.3) is 0 Å². The van der Waals surface area contributed by atoms with Crippen LogP contribution in [0.5, 0.6) is 0 Å². The molecule has 1 unspecified atom stereocenters. The molecule has 4 aromatic rings. The molecule has 3 atom stereocenters. The molecular formula is C31H32P2. The highest BCUT2D eigenvalue weighted by atomic mass is 31.1. The van der Waals surface area contributed by atoms with Crippen molar-refractivity contribution in [3.8, 4) is 0 Å². The first-order chi connectivity index (χ1) is 16.3. The molecule has 0 aromatic heterocycles. The zero-order valence-electron chi connectivity index (χ0n) is 19.3. The fourth-order valence-corrected chi connectivity index (χ4v) is 11.9. The van der Waals surface area contributed by atoms with Crippen molar-refractivity contribution in [2.75, 3.05) is 0 Å². The maximum absolute atomic E-state index is 2.55. The van der Waals surface area contributed by atoms with Crippen LogP contribution in [0.3, 0.4) is 0 Å². The van der Waals surface area contributed by atoms with Crippen LogP contribution in [0.2, 0.25) is 0 Å². The zero-order chi connectivity index (χ0) is 22.5. The molecule has 33 heavy (non-hydrogen) atoms. The minimum Gasteiger partial charge on any atom is -0.0622 e. The maximum Gasteiger partial charge on any atom is -0.00943 e. The average molecular weight is 467 g/mol. The van der Waals surface area contributed by atoms with E-state index in [1.165, 1.54) is 40.5 Å². The van der Waals surface area contributed by atoms with Gasteiger partial charge in [-0.05, 0) is 67.1 Å². The van der Waals surface area contributed by atoms with Crippen LogP contribution in [-0.2, 0) is 0 Å². The first-order valence-corrected chi connectivity index (χ1v) is 14.9. The van der Waals surface area contributed by atoms with Gasteiger partial charge in [-0.25, -0.2) is 0 Å². The van der Waals surface area contributed by atoms with Crippen molar-refractivity contribution in [1.82, 2.24) is 0 Å². The number of rotatable bonds is 7. The minimum absolute atomic E-state index is 0.376. The molecule has 0 spiro atoms. The van der Waals surface area contributed by atoms with E-state index in [1.807, 2.05) is 0 Å². The van der Waals surface area contributed by atoms with E-state index in [2.05, 4.69) is 128 Å². The van der Waals surface area contributed by atoms with Gasteiger partial charge in [-0.15, -0.1) is 0 Å². The van der Waals surface area contributed by atoms with Gasteiger partial charge in [0.2, 0.25) is 0 Å². The van der Waals surface area contributed by atoms with Gasteiger partial charge in [0.25, 0.3) is 0 Å². The van der Waals surface area contributed by atoms with Gasteiger partial charge in [-0.2, -0.15) is 0 Å². The summed E-state index contributed by atoms with van der Waals surface area (Å²) < 4.78 is 0. The predicted octanol–water partition coefficient (Wildman–Crippen LogP) is 6.81. The van der Waals surface area contributed by atoms with Gasteiger partial charge >= 0.3 is 0 Å². The van der Waals surface area contributed by atoms with Gasteiger partial charge in [0.15, 0.2) is 0 Å². The Labute approximate surface area is 201 Å². The van der Waals surface area contributed by atoms with Gasteiger partial charge in [0, 0.05) is 0 Å². The Kier molecular flexibility index (Phi) is 7.36. The average Bonchev–Trinajstić information content (AvgIpc) is 3.36. The molecular weight excluding hydrogens is 434 g/mol. The molecule has 1 saturated carbocycles. The molecule has 4 aromatic carbocycles. The molecule has 2 heteroatoms. The van der Waals surface area contributed by atoms with E-state index in [-0.39, 0.29) is 7.92 Å². The van der Waals surface area contributed by atoms with E-state index in [0.29, 0.717) is 5.66 Å². The van der Waals surface area contributed by atoms with Crippen LogP contribution in [0, 0.1) is 5.92 Å². The van der Waals surface area contributed by atoms with Gasteiger partial charge < -0.3 is 0 Å². The van der Waals surface area contributed by atoms with Crippen LogP contribution < -0.4 is 21.2 Å². The van der Waals surface area contributed by atoms with Crippen LogP contribution in [0.1, 0.15) is 26.2 Å². The Balaban J connectivity index is 1.54.